The van der Waals surface area contributed by atoms with Crippen LogP contribution in [-0.2, 0) is 17.6 Å². The molecule has 1 aliphatic carbocycles. The minimum atomic E-state index is -0.811. The van der Waals surface area contributed by atoms with Crippen molar-refractivity contribution in [2.45, 2.75) is 52.5 Å². The Morgan fingerprint density at radius 3 is 2.45 bits per heavy atom. The van der Waals surface area contributed by atoms with Crippen LogP contribution < -0.4 is 10.9 Å². The van der Waals surface area contributed by atoms with Gasteiger partial charge in [-0.05, 0) is 87.9 Å². The van der Waals surface area contributed by atoms with Crippen LogP contribution in [0, 0.1) is 19.7 Å². The first-order valence-electron chi connectivity index (χ1n) is 10.6. The summed E-state index contributed by atoms with van der Waals surface area (Å²) in [7, 11) is 0. The maximum absolute atomic E-state index is 13.3. The second-order valence-electron chi connectivity index (χ2n) is 8.25. The Labute approximate surface area is 180 Å². The van der Waals surface area contributed by atoms with Crippen LogP contribution in [0.5, 0.6) is 0 Å². The van der Waals surface area contributed by atoms with Crippen molar-refractivity contribution < 1.29 is 9.18 Å². The molecule has 1 unspecified atom stereocenters. The molecule has 1 N–H and O–H groups in total. The molecular weight excluding hydrogens is 393 g/mol. The third kappa shape index (κ3) is 4.15. The van der Waals surface area contributed by atoms with Crippen LogP contribution in [-0.4, -0.2) is 15.7 Å². The van der Waals surface area contributed by atoms with E-state index in [4.69, 9.17) is 5.10 Å². The minimum absolute atomic E-state index is 0.203. The summed E-state index contributed by atoms with van der Waals surface area (Å²) in [6, 6.07) is 10.9. The highest BCUT2D eigenvalue weighted by Crippen LogP contribution is 2.31. The number of rotatable bonds is 4. The number of anilines is 1. The molecule has 1 aliphatic rings. The zero-order valence-corrected chi connectivity index (χ0v) is 18.0. The van der Waals surface area contributed by atoms with E-state index in [0.29, 0.717) is 12.1 Å². The summed E-state index contributed by atoms with van der Waals surface area (Å²) in [6.07, 6.45) is 3.49. The lowest BCUT2D eigenvalue weighted by Gasteiger charge is -2.23. The number of benzene rings is 2. The number of fused-ring (bicyclic) bond motifs is 1. The van der Waals surface area contributed by atoms with Crippen LogP contribution in [0.25, 0.3) is 11.3 Å². The van der Waals surface area contributed by atoms with Gasteiger partial charge in [0.05, 0.1) is 5.69 Å². The van der Waals surface area contributed by atoms with Gasteiger partial charge in [0.15, 0.2) is 0 Å². The van der Waals surface area contributed by atoms with Gasteiger partial charge in [0, 0.05) is 16.8 Å². The van der Waals surface area contributed by atoms with Gasteiger partial charge >= 0.3 is 0 Å². The Morgan fingerprint density at radius 1 is 1.06 bits per heavy atom. The summed E-state index contributed by atoms with van der Waals surface area (Å²) in [5.74, 6) is -0.749. The van der Waals surface area contributed by atoms with Crippen molar-refractivity contribution >= 4 is 11.6 Å². The van der Waals surface area contributed by atoms with E-state index in [-0.39, 0.29) is 17.3 Å². The van der Waals surface area contributed by atoms with E-state index in [9.17, 15) is 14.0 Å². The van der Waals surface area contributed by atoms with Crippen LogP contribution in [0.4, 0.5) is 10.1 Å². The van der Waals surface area contributed by atoms with E-state index >= 15 is 0 Å². The van der Waals surface area contributed by atoms with Crippen molar-refractivity contribution in [1.29, 1.82) is 0 Å². The Kier molecular flexibility index (Phi) is 5.72. The normalized spacial score (nSPS) is 14.1. The SMILES string of the molecule is Cc1ccc(C)c(-c2nn(C(C)C(=O)Nc3ccc(F)cc3)c(=O)c3c2CCCC3)c1. The molecule has 5 nitrogen and oxygen atoms in total. The third-order valence-corrected chi connectivity index (χ3v) is 5.93. The molecule has 4 rings (SSSR count). The monoisotopic (exact) mass is 419 g/mol. The fourth-order valence-electron chi connectivity index (χ4n) is 4.12. The first-order chi connectivity index (χ1) is 14.8. The number of nitrogens with one attached hydrogen (secondary N) is 1. The van der Waals surface area contributed by atoms with Gasteiger partial charge in [-0.1, -0.05) is 17.7 Å². The van der Waals surface area contributed by atoms with Crippen LogP contribution >= 0.6 is 0 Å². The summed E-state index contributed by atoms with van der Waals surface area (Å²) >= 11 is 0. The molecule has 0 saturated heterocycles. The Hall–Kier alpha value is -3.28. The second-order valence-corrected chi connectivity index (χ2v) is 8.25. The maximum atomic E-state index is 13.3. The molecule has 1 aromatic heterocycles. The van der Waals surface area contributed by atoms with Crippen LogP contribution in [0.1, 0.15) is 48.1 Å². The zero-order chi connectivity index (χ0) is 22.1. The predicted molar refractivity (Wildman–Crippen MR) is 120 cm³/mol. The number of amides is 1. The Bertz CT molecular complexity index is 1200. The van der Waals surface area contributed by atoms with E-state index in [1.807, 2.05) is 13.8 Å². The van der Waals surface area contributed by atoms with E-state index in [1.54, 1.807) is 6.92 Å². The van der Waals surface area contributed by atoms with Gasteiger partial charge < -0.3 is 5.32 Å². The molecule has 0 bridgehead atoms. The molecule has 3 aromatic rings. The topological polar surface area (TPSA) is 64.0 Å². The van der Waals surface area contributed by atoms with Gasteiger partial charge in [-0.3, -0.25) is 9.59 Å². The smallest absolute Gasteiger partial charge is 0.271 e. The van der Waals surface area contributed by atoms with Crippen molar-refractivity contribution in [3.8, 4) is 11.3 Å². The minimum Gasteiger partial charge on any atom is -0.324 e. The molecule has 1 amide bonds. The first-order valence-corrected chi connectivity index (χ1v) is 10.6. The maximum Gasteiger partial charge on any atom is 0.271 e. The highest BCUT2D eigenvalue weighted by atomic mass is 19.1. The van der Waals surface area contributed by atoms with Crippen molar-refractivity contribution in [2.75, 3.05) is 5.32 Å². The number of halogens is 1. The quantitative estimate of drug-likeness (QED) is 0.664. The summed E-state index contributed by atoms with van der Waals surface area (Å²) in [6.45, 7) is 5.73. The number of hydrogen-bond acceptors (Lipinski definition) is 3. The van der Waals surface area contributed by atoms with Crippen molar-refractivity contribution in [2.24, 2.45) is 0 Å². The average molecular weight is 420 g/mol. The number of hydrogen-bond donors (Lipinski definition) is 1. The van der Waals surface area contributed by atoms with Crippen molar-refractivity contribution in [3.05, 3.63) is 80.9 Å². The molecule has 1 atom stereocenters. The van der Waals surface area contributed by atoms with E-state index < -0.39 is 6.04 Å². The van der Waals surface area contributed by atoms with E-state index in [2.05, 4.69) is 23.5 Å². The van der Waals surface area contributed by atoms with Crippen LogP contribution in [0.2, 0.25) is 0 Å². The van der Waals surface area contributed by atoms with Gasteiger partial charge in [-0.15, -0.1) is 0 Å². The van der Waals surface area contributed by atoms with Crippen LogP contribution in [0.15, 0.2) is 47.3 Å². The standard InChI is InChI=1S/C25H26FN3O2/c1-15-8-9-16(2)22(14-15)23-20-6-4-5-7-21(20)25(31)29(28-23)17(3)24(30)27-19-12-10-18(26)11-13-19/h8-14,17H,4-7H2,1-3H3,(H,27,30). The largest absolute Gasteiger partial charge is 0.324 e. The first kappa shape index (κ1) is 21.0. The van der Waals surface area contributed by atoms with E-state index in [0.717, 1.165) is 52.8 Å². The van der Waals surface area contributed by atoms with Crippen molar-refractivity contribution in [3.63, 3.8) is 0 Å². The zero-order valence-electron chi connectivity index (χ0n) is 18.0. The summed E-state index contributed by atoms with van der Waals surface area (Å²) in [5, 5.41) is 7.47. The highest BCUT2D eigenvalue weighted by molar-refractivity contribution is 5.93. The molecule has 160 valence electrons. The van der Waals surface area contributed by atoms with Gasteiger partial charge in [0.25, 0.3) is 5.56 Å². The lowest BCUT2D eigenvalue weighted by molar-refractivity contribution is -0.119. The van der Waals surface area contributed by atoms with Gasteiger partial charge in [-0.25, -0.2) is 9.07 Å². The fourth-order valence-corrected chi connectivity index (χ4v) is 4.12. The average Bonchev–Trinajstić information content (AvgIpc) is 2.77. The summed E-state index contributed by atoms with van der Waals surface area (Å²) < 4.78 is 14.5. The lowest BCUT2D eigenvalue weighted by Crippen LogP contribution is -2.37. The molecular formula is C25H26FN3O2. The Morgan fingerprint density at radius 2 is 1.74 bits per heavy atom. The fraction of sp³-hybridized carbons (Fsp3) is 0.320. The lowest BCUT2D eigenvalue weighted by atomic mass is 9.88. The molecule has 0 aliphatic heterocycles. The molecule has 0 radical (unpaired) electrons. The molecule has 6 heteroatoms. The summed E-state index contributed by atoms with van der Waals surface area (Å²) in [4.78, 5) is 26.1. The van der Waals surface area contributed by atoms with Crippen LogP contribution in [0.3, 0.4) is 0 Å². The third-order valence-electron chi connectivity index (χ3n) is 5.93. The number of aryl methyl sites for hydroxylation is 2. The predicted octanol–water partition coefficient (Wildman–Crippen LogP) is 4.74. The number of nitrogens with zero attached hydrogens (tertiary/aromatic N) is 2. The number of carbonyl (C=O) groups is 1. The molecule has 31 heavy (non-hydrogen) atoms. The van der Waals surface area contributed by atoms with Crippen molar-refractivity contribution in [1.82, 2.24) is 9.78 Å². The molecule has 0 fully saturated rings. The molecule has 0 saturated carbocycles. The van der Waals surface area contributed by atoms with Gasteiger partial charge in [-0.2, -0.15) is 5.10 Å². The molecule has 2 aromatic carbocycles. The number of carbonyl (C=O) groups excluding carboxylic acids is 1. The summed E-state index contributed by atoms with van der Waals surface area (Å²) in [5.41, 5.74) is 6.02. The van der Waals surface area contributed by atoms with E-state index in [1.165, 1.54) is 28.9 Å². The van der Waals surface area contributed by atoms with Gasteiger partial charge in [0.2, 0.25) is 5.91 Å². The molecule has 0 spiro atoms. The van der Waals surface area contributed by atoms with Gasteiger partial charge in [0.1, 0.15) is 11.9 Å². The Balaban J connectivity index is 1.79. The molecule has 1 heterocycles. The highest BCUT2D eigenvalue weighted by Gasteiger charge is 2.26. The number of aromatic nitrogens is 2. The second kappa shape index (κ2) is 8.46.